The highest BCUT2D eigenvalue weighted by molar-refractivity contribution is 8.00. The summed E-state index contributed by atoms with van der Waals surface area (Å²) in [5, 5.41) is 9.03. The Bertz CT molecular complexity index is 419. The van der Waals surface area contributed by atoms with Gasteiger partial charge in [-0.05, 0) is 18.2 Å². The summed E-state index contributed by atoms with van der Waals surface area (Å²) in [6, 6.07) is 4.36. The number of carboxylic acid groups (broad SMARTS) is 1. The van der Waals surface area contributed by atoms with Crippen LogP contribution in [0.15, 0.2) is 23.1 Å². The SMILES string of the molecule is COC(=O)CSc1ccc(C(=O)O)cc1Cl. The molecule has 1 rings (SSSR count). The van der Waals surface area contributed by atoms with E-state index < -0.39 is 5.97 Å². The Kier molecular flexibility index (Phi) is 4.64. The van der Waals surface area contributed by atoms with E-state index in [4.69, 9.17) is 16.7 Å². The van der Waals surface area contributed by atoms with Crippen molar-refractivity contribution in [1.29, 1.82) is 0 Å². The summed E-state index contributed by atoms with van der Waals surface area (Å²) in [6.45, 7) is 0. The third-order valence-corrected chi connectivity index (χ3v) is 3.22. The van der Waals surface area contributed by atoms with E-state index in [1.165, 1.54) is 31.0 Å². The second-order valence-electron chi connectivity index (χ2n) is 2.82. The zero-order chi connectivity index (χ0) is 12.1. The lowest BCUT2D eigenvalue weighted by molar-refractivity contribution is -0.137. The fourth-order valence-corrected chi connectivity index (χ4v) is 2.04. The third kappa shape index (κ3) is 3.43. The monoisotopic (exact) mass is 260 g/mol. The van der Waals surface area contributed by atoms with E-state index in [0.717, 1.165) is 0 Å². The highest BCUT2D eigenvalue weighted by Crippen LogP contribution is 2.28. The van der Waals surface area contributed by atoms with Crippen molar-refractivity contribution in [3.05, 3.63) is 28.8 Å². The van der Waals surface area contributed by atoms with Crippen molar-refractivity contribution in [2.45, 2.75) is 4.90 Å². The lowest BCUT2D eigenvalue weighted by atomic mass is 10.2. The number of rotatable bonds is 4. The Hall–Kier alpha value is -1.20. The lowest BCUT2D eigenvalue weighted by Gasteiger charge is -2.04. The van der Waals surface area contributed by atoms with E-state index in [1.807, 2.05) is 0 Å². The summed E-state index contributed by atoms with van der Waals surface area (Å²) in [6.07, 6.45) is 0. The maximum atomic E-state index is 10.9. The number of methoxy groups -OCH3 is 1. The molecule has 1 aromatic carbocycles. The van der Waals surface area contributed by atoms with E-state index in [0.29, 0.717) is 9.92 Å². The van der Waals surface area contributed by atoms with Gasteiger partial charge in [-0.15, -0.1) is 11.8 Å². The fraction of sp³-hybridized carbons (Fsp3) is 0.200. The minimum atomic E-state index is -1.04. The minimum absolute atomic E-state index is 0.118. The Labute approximate surface area is 102 Å². The third-order valence-electron chi connectivity index (χ3n) is 1.75. The van der Waals surface area contributed by atoms with Crippen LogP contribution >= 0.6 is 23.4 Å². The molecular weight excluding hydrogens is 252 g/mol. The van der Waals surface area contributed by atoms with E-state index in [-0.39, 0.29) is 17.3 Å². The molecule has 0 saturated carbocycles. The van der Waals surface area contributed by atoms with E-state index >= 15 is 0 Å². The number of carbonyl (C=O) groups is 2. The van der Waals surface area contributed by atoms with Gasteiger partial charge in [0.05, 0.1) is 23.4 Å². The lowest BCUT2D eigenvalue weighted by Crippen LogP contribution is -2.03. The topological polar surface area (TPSA) is 63.6 Å². The molecule has 0 radical (unpaired) electrons. The van der Waals surface area contributed by atoms with Crippen molar-refractivity contribution in [3.63, 3.8) is 0 Å². The van der Waals surface area contributed by atoms with Gasteiger partial charge in [-0.3, -0.25) is 4.79 Å². The number of hydrogen-bond donors (Lipinski definition) is 1. The van der Waals surface area contributed by atoms with Crippen molar-refractivity contribution in [3.8, 4) is 0 Å². The van der Waals surface area contributed by atoms with E-state index in [1.54, 1.807) is 6.07 Å². The fourth-order valence-electron chi connectivity index (χ4n) is 0.947. The summed E-state index contributed by atoms with van der Waals surface area (Å²) >= 11 is 7.06. The number of halogens is 1. The van der Waals surface area contributed by atoms with Crippen molar-refractivity contribution in [2.75, 3.05) is 12.9 Å². The molecule has 86 valence electrons. The van der Waals surface area contributed by atoms with E-state index in [9.17, 15) is 9.59 Å². The Balaban J connectivity index is 2.75. The van der Waals surface area contributed by atoms with Crippen LogP contribution < -0.4 is 0 Å². The second-order valence-corrected chi connectivity index (χ2v) is 4.24. The molecule has 0 aliphatic rings. The number of hydrogen-bond acceptors (Lipinski definition) is 4. The maximum absolute atomic E-state index is 10.9. The van der Waals surface area contributed by atoms with Crippen LogP contribution in [-0.4, -0.2) is 29.9 Å². The van der Waals surface area contributed by atoms with Gasteiger partial charge >= 0.3 is 11.9 Å². The largest absolute Gasteiger partial charge is 0.478 e. The van der Waals surface area contributed by atoms with Crippen molar-refractivity contribution in [2.24, 2.45) is 0 Å². The molecule has 16 heavy (non-hydrogen) atoms. The van der Waals surface area contributed by atoms with Crippen LogP contribution in [0.2, 0.25) is 5.02 Å². The van der Waals surface area contributed by atoms with Crippen molar-refractivity contribution >= 4 is 35.3 Å². The first-order valence-electron chi connectivity index (χ1n) is 4.27. The number of ether oxygens (including phenoxy) is 1. The molecule has 0 aromatic heterocycles. The van der Waals surface area contributed by atoms with Gasteiger partial charge in [0.1, 0.15) is 0 Å². The first-order chi connectivity index (χ1) is 7.54. The Morgan fingerprint density at radius 2 is 2.19 bits per heavy atom. The van der Waals surface area contributed by atoms with Crippen LogP contribution in [0, 0.1) is 0 Å². The number of carbonyl (C=O) groups excluding carboxylic acids is 1. The van der Waals surface area contributed by atoms with Crippen LogP contribution in [0.4, 0.5) is 0 Å². The average Bonchev–Trinajstić information content (AvgIpc) is 2.26. The van der Waals surface area contributed by atoms with Gasteiger partial charge in [0, 0.05) is 4.90 Å². The van der Waals surface area contributed by atoms with Gasteiger partial charge in [0.15, 0.2) is 0 Å². The molecule has 0 bridgehead atoms. The number of aromatic carboxylic acids is 1. The van der Waals surface area contributed by atoms with Gasteiger partial charge < -0.3 is 9.84 Å². The molecule has 0 atom stereocenters. The zero-order valence-corrected chi connectivity index (χ0v) is 9.97. The van der Waals surface area contributed by atoms with E-state index in [2.05, 4.69) is 4.74 Å². The van der Waals surface area contributed by atoms with Crippen molar-refractivity contribution in [1.82, 2.24) is 0 Å². The number of carboxylic acids is 1. The normalized spacial score (nSPS) is 9.88. The molecule has 0 aliphatic heterocycles. The van der Waals surface area contributed by atoms with Crippen LogP contribution in [0.5, 0.6) is 0 Å². The standard InChI is InChI=1S/C10H9ClO4S/c1-15-9(12)5-16-8-3-2-6(10(13)14)4-7(8)11/h2-4H,5H2,1H3,(H,13,14). The smallest absolute Gasteiger partial charge is 0.335 e. The number of thioether (sulfide) groups is 1. The summed E-state index contributed by atoms with van der Waals surface area (Å²) in [4.78, 5) is 22.2. The molecule has 1 aromatic rings. The first-order valence-corrected chi connectivity index (χ1v) is 5.63. The van der Waals surface area contributed by atoms with Gasteiger partial charge in [0.2, 0.25) is 0 Å². The molecule has 4 nitrogen and oxygen atoms in total. The Morgan fingerprint density at radius 3 is 2.69 bits per heavy atom. The molecule has 0 fully saturated rings. The Morgan fingerprint density at radius 1 is 1.50 bits per heavy atom. The molecule has 0 aliphatic carbocycles. The van der Waals surface area contributed by atoms with Gasteiger partial charge in [-0.1, -0.05) is 11.6 Å². The van der Waals surface area contributed by atoms with Crippen LogP contribution in [0.25, 0.3) is 0 Å². The molecule has 0 amide bonds. The quantitative estimate of drug-likeness (QED) is 0.665. The molecule has 0 saturated heterocycles. The molecule has 0 heterocycles. The predicted molar refractivity (Wildman–Crippen MR) is 61.2 cm³/mol. The highest BCUT2D eigenvalue weighted by Gasteiger charge is 2.09. The number of benzene rings is 1. The van der Waals surface area contributed by atoms with Crippen LogP contribution in [-0.2, 0) is 9.53 Å². The molecule has 6 heteroatoms. The molecule has 0 unspecified atom stereocenters. The summed E-state index contributed by atoms with van der Waals surface area (Å²) < 4.78 is 4.48. The predicted octanol–water partition coefficient (Wildman–Crippen LogP) is 2.30. The van der Waals surface area contributed by atoms with Gasteiger partial charge in [-0.2, -0.15) is 0 Å². The number of esters is 1. The molecule has 1 N–H and O–H groups in total. The molecular formula is C10H9ClO4S. The zero-order valence-electron chi connectivity index (χ0n) is 8.40. The van der Waals surface area contributed by atoms with Gasteiger partial charge in [0.25, 0.3) is 0 Å². The highest BCUT2D eigenvalue weighted by atomic mass is 35.5. The second kappa shape index (κ2) is 5.77. The van der Waals surface area contributed by atoms with Crippen molar-refractivity contribution < 1.29 is 19.4 Å². The van der Waals surface area contributed by atoms with Crippen LogP contribution in [0.1, 0.15) is 10.4 Å². The maximum Gasteiger partial charge on any atom is 0.335 e. The average molecular weight is 261 g/mol. The molecule has 0 spiro atoms. The minimum Gasteiger partial charge on any atom is -0.478 e. The van der Waals surface area contributed by atoms with Gasteiger partial charge in [-0.25, -0.2) is 4.79 Å². The van der Waals surface area contributed by atoms with Crippen LogP contribution in [0.3, 0.4) is 0 Å². The summed E-state index contributed by atoms with van der Waals surface area (Å²) in [7, 11) is 1.30. The summed E-state index contributed by atoms with van der Waals surface area (Å²) in [5.41, 5.74) is 0.118. The summed E-state index contributed by atoms with van der Waals surface area (Å²) in [5.74, 6) is -1.25. The first kappa shape index (κ1) is 12.9.